The molecule has 0 N–H and O–H groups in total. The van der Waals surface area contributed by atoms with Gasteiger partial charge in [-0.2, -0.15) is 0 Å². The quantitative estimate of drug-likeness (QED) is 0.152. The molecule has 8 aromatic carbocycles. The van der Waals surface area contributed by atoms with Gasteiger partial charge in [0.05, 0.1) is 11.0 Å². The van der Waals surface area contributed by atoms with Gasteiger partial charge in [0.15, 0.2) is 0 Å². The minimum absolute atomic E-state index is 0.944. The maximum absolute atomic E-state index is 5.19. The van der Waals surface area contributed by atoms with Gasteiger partial charge in [0.2, 0.25) is 0 Å². The number of imidazole rings is 1. The molecule has 0 bridgehead atoms. The molecule has 55 heavy (non-hydrogen) atoms. The third-order valence-corrected chi connectivity index (χ3v) is 12.7. The molecule has 9 aromatic rings. The van der Waals surface area contributed by atoms with E-state index in [1.165, 1.54) is 98.6 Å². The lowest BCUT2D eigenvalue weighted by molar-refractivity contribution is 1.10. The normalized spacial score (nSPS) is 11.5. The van der Waals surface area contributed by atoms with Crippen LogP contribution in [-0.2, 0) is 0 Å². The fourth-order valence-corrected chi connectivity index (χ4v) is 9.01. The minimum Gasteiger partial charge on any atom is -0.292 e. The predicted octanol–water partition coefficient (Wildman–Crippen LogP) is -1.93. The van der Waals surface area contributed by atoms with Crippen molar-refractivity contribution in [3.8, 4) is 50.5 Å². The van der Waals surface area contributed by atoms with E-state index in [0.29, 0.717) is 0 Å². The van der Waals surface area contributed by atoms with E-state index >= 15 is 0 Å². The van der Waals surface area contributed by atoms with Crippen LogP contribution in [0.15, 0.2) is 133 Å². The first kappa shape index (κ1) is 35.0. The van der Waals surface area contributed by atoms with Crippen molar-refractivity contribution in [1.29, 1.82) is 0 Å². The summed E-state index contributed by atoms with van der Waals surface area (Å²) in [4.78, 5) is 5.19. The van der Waals surface area contributed by atoms with Crippen LogP contribution in [0.25, 0.3) is 83.0 Å². The lowest BCUT2D eigenvalue weighted by Crippen LogP contribution is -2.50. The van der Waals surface area contributed by atoms with E-state index in [0.717, 1.165) is 28.1 Å². The topological polar surface area (TPSA) is 17.8 Å². The van der Waals surface area contributed by atoms with Crippen LogP contribution in [0.4, 0.5) is 0 Å². The summed E-state index contributed by atoms with van der Waals surface area (Å²) >= 11 is 0. The zero-order chi connectivity index (χ0) is 38.1. The molecule has 0 aliphatic carbocycles. The van der Waals surface area contributed by atoms with Gasteiger partial charge in [0.1, 0.15) is 68.6 Å². The monoisotopic (exact) mass is 694 g/mol. The molecule has 1 heterocycles. The van der Waals surface area contributed by atoms with Crippen LogP contribution in [0.2, 0.25) is 0 Å². The zero-order valence-electron chi connectivity index (χ0n) is 33.1. The second kappa shape index (κ2) is 13.5. The zero-order valence-corrected chi connectivity index (χ0v) is 33.1. The van der Waals surface area contributed by atoms with E-state index in [4.69, 9.17) is 4.98 Å². The van der Waals surface area contributed by atoms with E-state index in [1.54, 1.807) is 0 Å². The summed E-state index contributed by atoms with van der Waals surface area (Å²) in [6.45, 7) is 0. The second-order valence-electron chi connectivity index (χ2n) is 15.4. The average Bonchev–Trinajstić information content (AvgIpc) is 3.63. The molecule has 9 rings (SSSR count). The molecule has 0 saturated heterocycles. The number of hydrogen-bond donors (Lipinski definition) is 0. The molecule has 0 atom stereocenters. The Bertz CT molecular complexity index is 2900. The second-order valence-corrected chi connectivity index (χ2v) is 15.4. The lowest BCUT2D eigenvalue weighted by atomic mass is 9.59. The van der Waals surface area contributed by atoms with Gasteiger partial charge < -0.3 is 0 Å². The molecule has 0 amide bonds. The minimum atomic E-state index is 0.944. The molecule has 1 aromatic heterocycles. The summed E-state index contributed by atoms with van der Waals surface area (Å²) in [5, 5.41) is 5.42. The molecule has 0 spiro atoms. The third-order valence-electron chi connectivity index (χ3n) is 12.7. The van der Waals surface area contributed by atoms with Crippen LogP contribution in [-0.4, -0.2) is 72.3 Å². The maximum atomic E-state index is 5.19. The first-order valence-corrected chi connectivity index (χ1v) is 19.4. The number of nitrogens with zero attached hydrogens (tertiary/aromatic N) is 2. The Morgan fingerprint density at radius 2 is 0.691 bits per heavy atom. The highest BCUT2D eigenvalue weighted by atomic mass is 15.1. The fraction of sp³-hybridized carbons (Fsp3) is 0. The number of benzene rings is 8. The Morgan fingerprint density at radius 3 is 1.16 bits per heavy atom. The Hall–Kier alpha value is -5.73. The Balaban J connectivity index is 1.35. The van der Waals surface area contributed by atoms with Gasteiger partial charge in [-0.15, -0.1) is 21.9 Å². The van der Waals surface area contributed by atoms with Crippen LogP contribution in [0.3, 0.4) is 0 Å². The average molecular weight is 693 g/mol. The van der Waals surface area contributed by atoms with Crippen LogP contribution in [0.1, 0.15) is 0 Å². The first-order valence-electron chi connectivity index (χ1n) is 19.4. The predicted molar refractivity (Wildman–Crippen MR) is 263 cm³/mol. The van der Waals surface area contributed by atoms with Crippen molar-refractivity contribution >= 4 is 139 Å². The van der Waals surface area contributed by atoms with E-state index < -0.39 is 0 Å². The van der Waals surface area contributed by atoms with E-state index in [-0.39, 0.29) is 0 Å². The first-order chi connectivity index (χ1) is 26.7. The number of para-hydroxylation sites is 3. The largest absolute Gasteiger partial charge is 0.292 e. The number of fused-ring (bicyclic) bond motifs is 3. The van der Waals surface area contributed by atoms with Crippen molar-refractivity contribution in [2.24, 2.45) is 0 Å². The van der Waals surface area contributed by atoms with E-state index in [2.05, 4.69) is 201 Å². The molecule has 252 valence electrons. The van der Waals surface area contributed by atoms with Crippen LogP contribution in [0.5, 0.6) is 0 Å². The lowest BCUT2D eigenvalue weighted by Gasteiger charge is -2.28. The van der Waals surface area contributed by atoms with Gasteiger partial charge in [-0.3, -0.25) is 4.57 Å². The summed E-state index contributed by atoms with van der Waals surface area (Å²) in [5.74, 6) is 0.944. The molecule has 2 nitrogen and oxygen atoms in total. The van der Waals surface area contributed by atoms with Gasteiger partial charge >= 0.3 is 0 Å². The van der Waals surface area contributed by atoms with Crippen LogP contribution in [0, 0.1) is 0 Å². The van der Waals surface area contributed by atoms with Crippen molar-refractivity contribution in [2.45, 2.75) is 0 Å². The van der Waals surface area contributed by atoms with Gasteiger partial charge in [0, 0.05) is 11.3 Å². The summed E-state index contributed by atoms with van der Waals surface area (Å²) < 4.78 is 2.28. The van der Waals surface area contributed by atoms with E-state index in [9.17, 15) is 0 Å². The Morgan fingerprint density at radius 1 is 0.327 bits per heavy atom. The van der Waals surface area contributed by atoms with Crippen molar-refractivity contribution in [3.05, 3.63) is 133 Å². The van der Waals surface area contributed by atoms with Crippen LogP contribution < -0.4 is 43.7 Å². The highest BCUT2D eigenvalue weighted by Gasteiger charge is 2.25. The van der Waals surface area contributed by atoms with Crippen LogP contribution >= 0.6 is 0 Å². The fourth-order valence-electron chi connectivity index (χ4n) is 9.01. The molecule has 0 unspecified atom stereocenters. The van der Waals surface area contributed by atoms with E-state index in [1.807, 2.05) is 0 Å². The summed E-state index contributed by atoms with van der Waals surface area (Å²) in [6, 6.07) is 48.2. The SMILES string of the molecule is Bc1c(B)c(B)c2c(-c3ccc(-c4nc5ccccc5n4-c4ccccc4)cc3)c3c(B)c(B)c(B)c(B)c3c(-c3ccc(-c4ccccc4)cc3)c2c1B. The molecule has 0 aliphatic heterocycles. The standard InChI is InChI=1S/C45H38B8N2/c46-37-33-31(25-17-15-24(16-18-25)23-9-3-1-4-10-23)34-36(40(49)44(53)42(51)38(34)47)32(35(33)39(48)43(52)41(37)50)26-19-21-27(22-20-26)45-54-29-13-7-8-14-30(29)55(45)28-11-5-2-6-12-28/h1-22H,46-53H2. The number of hydrogen-bond acceptors (Lipinski definition) is 1. The maximum Gasteiger partial charge on any atom is 0.145 e. The summed E-state index contributed by atoms with van der Waals surface area (Å²) in [5.41, 5.74) is 22.8. The molecule has 0 radical (unpaired) electrons. The molecule has 0 saturated carbocycles. The Kier molecular flexibility index (Phi) is 8.61. The van der Waals surface area contributed by atoms with Crippen molar-refractivity contribution < 1.29 is 0 Å². The van der Waals surface area contributed by atoms with Crippen molar-refractivity contribution in [2.75, 3.05) is 0 Å². The molecule has 10 heteroatoms. The van der Waals surface area contributed by atoms with Gasteiger partial charge in [-0.25, -0.2) is 4.98 Å². The van der Waals surface area contributed by atoms with Gasteiger partial charge in [-0.05, 0) is 79.2 Å². The Labute approximate surface area is 331 Å². The highest BCUT2D eigenvalue weighted by molar-refractivity contribution is 6.71. The summed E-state index contributed by atoms with van der Waals surface area (Å²) in [7, 11) is 18.5. The molecular weight excluding hydrogens is 655 g/mol. The van der Waals surface area contributed by atoms with Gasteiger partial charge in [-0.1, -0.05) is 131 Å². The number of aromatic nitrogens is 2. The smallest absolute Gasteiger partial charge is 0.145 e. The van der Waals surface area contributed by atoms with Crippen molar-refractivity contribution in [3.63, 3.8) is 0 Å². The van der Waals surface area contributed by atoms with Crippen molar-refractivity contribution in [1.82, 2.24) is 9.55 Å². The van der Waals surface area contributed by atoms with Gasteiger partial charge in [0.25, 0.3) is 0 Å². The third kappa shape index (κ3) is 5.48. The number of rotatable bonds is 5. The summed E-state index contributed by atoms with van der Waals surface area (Å²) in [6.07, 6.45) is 0. The molecular formula is C45H38B8N2. The highest BCUT2D eigenvalue weighted by Crippen LogP contribution is 2.41. The molecule has 0 fully saturated rings. The molecule has 0 aliphatic rings.